The number of hydrogen-bond donors (Lipinski definition) is 3. The van der Waals surface area contributed by atoms with Gasteiger partial charge in [-0.2, -0.15) is 0 Å². The molecule has 0 radical (unpaired) electrons. The number of nitrogens with zero attached hydrogens (tertiary/aromatic N) is 1. The van der Waals surface area contributed by atoms with E-state index < -0.39 is 40.5 Å². The number of aliphatic hydroxyl groups excluding tert-OH is 1. The second-order valence-electron chi connectivity index (χ2n) is 14.4. The minimum atomic E-state index is -1.000. The molecule has 246 valence electrons. The van der Waals surface area contributed by atoms with Crippen LogP contribution in [0.2, 0.25) is 0 Å². The van der Waals surface area contributed by atoms with Crippen molar-refractivity contribution in [3.8, 4) is 11.5 Å². The summed E-state index contributed by atoms with van der Waals surface area (Å²) in [4.78, 5) is 53.0. The van der Waals surface area contributed by atoms with Crippen molar-refractivity contribution in [1.82, 2.24) is 15.5 Å². The summed E-state index contributed by atoms with van der Waals surface area (Å²) in [6.07, 6.45) is 0.642. The molecule has 0 aromatic heterocycles. The molecule has 0 bridgehead atoms. The second-order valence-corrected chi connectivity index (χ2v) is 14.4. The van der Waals surface area contributed by atoms with Gasteiger partial charge in [0.15, 0.2) is 11.5 Å². The van der Waals surface area contributed by atoms with E-state index in [1.165, 1.54) is 12.1 Å². The lowest BCUT2D eigenvalue weighted by atomic mass is 9.97. The molecule has 0 aliphatic carbocycles. The third kappa shape index (κ3) is 10.4. The zero-order valence-corrected chi connectivity index (χ0v) is 27.9. The normalized spacial score (nSPS) is 16.2. The highest BCUT2D eigenvalue weighted by Gasteiger charge is 2.35. The minimum absolute atomic E-state index is 0.0403. The smallest absolute Gasteiger partial charge is 0.316 e. The molecule has 10 heteroatoms. The fourth-order valence-electron chi connectivity index (χ4n) is 4.59. The van der Waals surface area contributed by atoms with Crippen LogP contribution in [-0.4, -0.2) is 65.0 Å². The number of amides is 2. The number of β-amino-alcohol motifs (C(OH)–C–C–N with tert-alkyl or cyclic N) is 1. The third-order valence-electron chi connectivity index (χ3n) is 7.54. The van der Waals surface area contributed by atoms with Crippen molar-refractivity contribution in [2.75, 3.05) is 19.6 Å². The number of benzene rings is 2. The first-order valence-corrected chi connectivity index (χ1v) is 15.5. The fraction of sp³-hybridized carbons (Fsp3) is 0.543. The van der Waals surface area contributed by atoms with Gasteiger partial charge in [-0.3, -0.25) is 19.2 Å². The number of carbonyl (C=O) groups excluding carboxylic acids is 4. The Morgan fingerprint density at radius 1 is 0.889 bits per heavy atom. The summed E-state index contributed by atoms with van der Waals surface area (Å²) < 4.78 is 11.2. The van der Waals surface area contributed by atoms with E-state index in [2.05, 4.69) is 10.6 Å². The fourth-order valence-corrected chi connectivity index (χ4v) is 4.59. The van der Waals surface area contributed by atoms with Crippen molar-refractivity contribution in [2.45, 2.75) is 92.3 Å². The van der Waals surface area contributed by atoms with Crippen molar-refractivity contribution in [3.05, 3.63) is 59.7 Å². The summed E-state index contributed by atoms with van der Waals surface area (Å²) in [7, 11) is 0. The van der Waals surface area contributed by atoms with E-state index >= 15 is 0 Å². The topological polar surface area (TPSA) is 134 Å². The summed E-state index contributed by atoms with van der Waals surface area (Å²) in [5, 5.41) is 17.3. The van der Waals surface area contributed by atoms with Crippen LogP contribution in [0.15, 0.2) is 48.5 Å². The molecule has 1 saturated heterocycles. The van der Waals surface area contributed by atoms with Crippen LogP contribution < -0.4 is 20.1 Å². The SMILES string of the molecule is CC(C)(CNC(=O)C1CCCN1C(=O)Cc1ccccc1)NCC(O)c1ccc(OC(=O)C(C)(C)C)c(OC(=O)C(C)(C)C)c1. The largest absolute Gasteiger partial charge is 0.422 e. The van der Waals surface area contributed by atoms with E-state index in [4.69, 9.17) is 9.47 Å². The van der Waals surface area contributed by atoms with Gasteiger partial charge < -0.3 is 30.1 Å². The maximum absolute atomic E-state index is 13.1. The summed E-state index contributed by atoms with van der Waals surface area (Å²) in [6, 6.07) is 13.6. The van der Waals surface area contributed by atoms with Gasteiger partial charge in [-0.25, -0.2) is 0 Å². The number of ether oxygens (including phenoxy) is 2. The standard InChI is InChI=1S/C35H49N3O7/c1-33(2,3)31(42)44-27-17-16-24(20-28(27)45-32(43)34(4,5)6)26(39)21-37-35(7,8)22-36-30(41)25-15-12-18-38(25)29(40)19-23-13-10-9-11-14-23/h9-11,13-14,16-17,20,25-26,37,39H,12,15,18-19,21-22H2,1-8H3,(H,36,41). The molecule has 2 aromatic carbocycles. The van der Waals surface area contributed by atoms with Crippen molar-refractivity contribution in [1.29, 1.82) is 0 Å². The summed E-state index contributed by atoms with van der Waals surface area (Å²) in [5.41, 5.74) is -0.814. The molecule has 10 nitrogen and oxygen atoms in total. The second kappa shape index (κ2) is 14.6. The molecule has 1 aliphatic heterocycles. The Morgan fingerprint density at radius 3 is 2.09 bits per heavy atom. The molecular weight excluding hydrogens is 574 g/mol. The lowest BCUT2D eigenvalue weighted by Gasteiger charge is -2.30. The Morgan fingerprint density at radius 2 is 1.49 bits per heavy atom. The summed E-state index contributed by atoms with van der Waals surface area (Å²) >= 11 is 0. The molecular formula is C35H49N3O7. The molecule has 2 atom stereocenters. The number of rotatable bonds is 11. The molecule has 2 amide bonds. The predicted octanol–water partition coefficient (Wildman–Crippen LogP) is 4.34. The average molecular weight is 624 g/mol. The third-order valence-corrected chi connectivity index (χ3v) is 7.54. The first-order chi connectivity index (χ1) is 20.9. The van der Waals surface area contributed by atoms with Crippen LogP contribution in [-0.2, 0) is 25.6 Å². The van der Waals surface area contributed by atoms with Crippen LogP contribution in [0.4, 0.5) is 0 Å². The highest BCUT2D eigenvalue weighted by Crippen LogP contribution is 2.34. The number of nitrogens with one attached hydrogen (secondary N) is 2. The minimum Gasteiger partial charge on any atom is -0.422 e. The molecule has 1 fully saturated rings. The number of esters is 2. The van der Waals surface area contributed by atoms with E-state index in [-0.39, 0.29) is 42.8 Å². The van der Waals surface area contributed by atoms with Crippen molar-refractivity contribution in [3.63, 3.8) is 0 Å². The van der Waals surface area contributed by atoms with E-state index in [0.717, 1.165) is 12.0 Å². The molecule has 2 unspecified atom stereocenters. The number of carbonyl (C=O) groups is 4. The van der Waals surface area contributed by atoms with Gasteiger partial charge >= 0.3 is 11.9 Å². The summed E-state index contributed by atoms with van der Waals surface area (Å²) in [6.45, 7) is 15.1. The van der Waals surface area contributed by atoms with E-state index in [9.17, 15) is 24.3 Å². The predicted molar refractivity (Wildman–Crippen MR) is 172 cm³/mol. The molecule has 1 heterocycles. The quantitative estimate of drug-likeness (QED) is 0.249. The van der Waals surface area contributed by atoms with Crippen LogP contribution in [0.5, 0.6) is 11.5 Å². The van der Waals surface area contributed by atoms with Crippen molar-refractivity contribution in [2.24, 2.45) is 10.8 Å². The van der Waals surface area contributed by atoms with Crippen LogP contribution in [0.3, 0.4) is 0 Å². The molecule has 2 aromatic rings. The van der Waals surface area contributed by atoms with E-state index in [0.29, 0.717) is 18.5 Å². The van der Waals surface area contributed by atoms with Gasteiger partial charge in [0, 0.05) is 25.2 Å². The highest BCUT2D eigenvalue weighted by molar-refractivity contribution is 5.89. The molecule has 1 aliphatic rings. The van der Waals surface area contributed by atoms with Crippen molar-refractivity contribution >= 4 is 23.8 Å². The number of likely N-dealkylation sites (tertiary alicyclic amines) is 1. The van der Waals surface area contributed by atoms with Gasteiger partial charge in [0.2, 0.25) is 11.8 Å². The molecule has 3 rings (SSSR count). The van der Waals surface area contributed by atoms with E-state index in [1.807, 2.05) is 44.2 Å². The van der Waals surface area contributed by atoms with Gasteiger partial charge in [-0.1, -0.05) is 36.4 Å². The first kappa shape index (κ1) is 35.7. The Kier molecular flexibility index (Phi) is 11.6. The van der Waals surface area contributed by atoms with Crippen LogP contribution in [0.25, 0.3) is 0 Å². The van der Waals surface area contributed by atoms with Crippen LogP contribution >= 0.6 is 0 Å². The highest BCUT2D eigenvalue weighted by atomic mass is 16.6. The maximum atomic E-state index is 13.1. The molecule has 45 heavy (non-hydrogen) atoms. The summed E-state index contributed by atoms with van der Waals surface area (Å²) in [5.74, 6) is -1.14. The first-order valence-electron chi connectivity index (χ1n) is 15.5. The van der Waals surface area contributed by atoms with Crippen LogP contribution in [0, 0.1) is 10.8 Å². The molecule has 0 saturated carbocycles. The lowest BCUT2D eigenvalue weighted by molar-refractivity contribution is -0.145. The Labute approximate surface area is 266 Å². The van der Waals surface area contributed by atoms with Gasteiger partial charge in [-0.15, -0.1) is 0 Å². The Bertz CT molecular complexity index is 1360. The Balaban J connectivity index is 1.61. The van der Waals surface area contributed by atoms with Crippen LogP contribution in [0.1, 0.15) is 85.5 Å². The Hall–Kier alpha value is -3.76. The number of hydrogen-bond acceptors (Lipinski definition) is 8. The van der Waals surface area contributed by atoms with Gasteiger partial charge in [0.25, 0.3) is 0 Å². The zero-order chi connectivity index (χ0) is 33.6. The van der Waals surface area contributed by atoms with Gasteiger partial charge in [-0.05, 0) is 91.5 Å². The molecule has 3 N–H and O–H groups in total. The van der Waals surface area contributed by atoms with Gasteiger partial charge in [0.1, 0.15) is 6.04 Å². The van der Waals surface area contributed by atoms with Gasteiger partial charge in [0.05, 0.1) is 23.4 Å². The maximum Gasteiger partial charge on any atom is 0.316 e. The average Bonchev–Trinajstić information content (AvgIpc) is 3.45. The monoisotopic (exact) mass is 623 g/mol. The number of aliphatic hydroxyl groups is 1. The molecule has 0 spiro atoms. The zero-order valence-electron chi connectivity index (χ0n) is 27.9. The lowest BCUT2D eigenvalue weighted by Crippen LogP contribution is -2.53. The van der Waals surface area contributed by atoms with Crippen molar-refractivity contribution < 1.29 is 33.8 Å². The van der Waals surface area contributed by atoms with E-state index in [1.54, 1.807) is 52.5 Å².